The molecule has 138 valence electrons. The molecule has 2 heterocycles. The molecule has 2 aromatic rings. The molecule has 7 nitrogen and oxygen atoms in total. The van der Waals surface area contributed by atoms with E-state index >= 15 is 0 Å². The summed E-state index contributed by atoms with van der Waals surface area (Å²) in [5.74, 6) is -0.580. The highest BCUT2D eigenvalue weighted by Gasteiger charge is 2.25. The van der Waals surface area contributed by atoms with Crippen LogP contribution in [0.5, 0.6) is 0 Å². The summed E-state index contributed by atoms with van der Waals surface area (Å²) in [5.41, 5.74) is 2.61. The van der Waals surface area contributed by atoms with Gasteiger partial charge in [0.25, 0.3) is 0 Å². The van der Waals surface area contributed by atoms with Crippen LogP contribution in [0.4, 0.5) is 0 Å². The van der Waals surface area contributed by atoms with Gasteiger partial charge in [-0.15, -0.1) is 0 Å². The van der Waals surface area contributed by atoms with Gasteiger partial charge in [0.05, 0.1) is 29.4 Å². The highest BCUT2D eigenvalue weighted by Crippen LogP contribution is 2.23. The average molecular weight is 375 g/mol. The van der Waals surface area contributed by atoms with Crippen LogP contribution in [0.3, 0.4) is 0 Å². The lowest BCUT2D eigenvalue weighted by Crippen LogP contribution is -2.38. The van der Waals surface area contributed by atoms with Gasteiger partial charge >= 0.3 is 5.97 Å². The van der Waals surface area contributed by atoms with E-state index in [1.165, 1.54) is 10.6 Å². The number of carboxylic acid groups (broad SMARTS) is 1. The fraction of sp³-hybridized carbons (Fsp3) is 0.389. The lowest BCUT2D eigenvalue weighted by molar-refractivity contribution is 0.0697. The zero-order valence-corrected chi connectivity index (χ0v) is 15.3. The Balaban J connectivity index is 1.67. The van der Waals surface area contributed by atoms with E-state index in [2.05, 4.69) is 9.97 Å². The molecule has 0 aliphatic carbocycles. The van der Waals surface area contributed by atoms with E-state index in [-0.39, 0.29) is 5.56 Å². The first-order chi connectivity index (χ1) is 12.3. The second kappa shape index (κ2) is 7.51. The number of aromatic nitrogens is 2. The van der Waals surface area contributed by atoms with Gasteiger partial charge in [0, 0.05) is 24.8 Å². The largest absolute Gasteiger partial charge is 0.478 e. The maximum Gasteiger partial charge on any atom is 0.335 e. The molecule has 26 heavy (non-hydrogen) atoms. The molecule has 0 unspecified atom stereocenters. The maximum atomic E-state index is 11.6. The molecule has 1 aliphatic heterocycles. The molecule has 1 N–H and O–H groups in total. The number of rotatable bonds is 5. The molecule has 1 saturated heterocycles. The molecule has 8 heteroatoms. The number of benzene rings is 1. The van der Waals surface area contributed by atoms with Crippen LogP contribution < -0.4 is 0 Å². The summed E-state index contributed by atoms with van der Waals surface area (Å²) in [6.07, 6.45) is 7.02. The summed E-state index contributed by atoms with van der Waals surface area (Å²) in [6, 6.07) is 6.55. The summed E-state index contributed by atoms with van der Waals surface area (Å²) < 4.78 is 24.7. The fourth-order valence-corrected chi connectivity index (χ4v) is 4.04. The van der Waals surface area contributed by atoms with E-state index in [4.69, 9.17) is 5.11 Å². The second-order valence-corrected chi connectivity index (χ2v) is 8.57. The summed E-state index contributed by atoms with van der Waals surface area (Å²) in [7, 11) is -3.11. The van der Waals surface area contributed by atoms with E-state index < -0.39 is 16.0 Å². The summed E-state index contributed by atoms with van der Waals surface area (Å²) in [4.78, 5) is 19.8. The summed E-state index contributed by atoms with van der Waals surface area (Å²) >= 11 is 0. The van der Waals surface area contributed by atoms with Gasteiger partial charge in [-0.2, -0.15) is 0 Å². The van der Waals surface area contributed by atoms with Crippen molar-refractivity contribution >= 4 is 16.0 Å². The second-order valence-electron chi connectivity index (χ2n) is 6.59. The zero-order chi connectivity index (χ0) is 18.7. The van der Waals surface area contributed by atoms with Crippen molar-refractivity contribution in [2.45, 2.75) is 19.3 Å². The third-order valence-electron chi connectivity index (χ3n) is 4.65. The van der Waals surface area contributed by atoms with Crippen LogP contribution in [0.2, 0.25) is 0 Å². The molecule has 1 fully saturated rings. The van der Waals surface area contributed by atoms with Crippen molar-refractivity contribution in [1.82, 2.24) is 14.3 Å². The van der Waals surface area contributed by atoms with Crippen molar-refractivity contribution in [3.05, 3.63) is 47.9 Å². The number of nitrogens with zero attached hydrogens (tertiary/aromatic N) is 3. The van der Waals surface area contributed by atoms with Crippen LogP contribution in [-0.2, 0) is 16.4 Å². The van der Waals surface area contributed by atoms with Gasteiger partial charge < -0.3 is 5.11 Å². The van der Waals surface area contributed by atoms with Crippen LogP contribution in [0.1, 0.15) is 28.9 Å². The van der Waals surface area contributed by atoms with Gasteiger partial charge in [-0.3, -0.25) is 4.98 Å². The van der Waals surface area contributed by atoms with E-state index in [0.29, 0.717) is 24.7 Å². The van der Waals surface area contributed by atoms with Crippen molar-refractivity contribution in [3.8, 4) is 11.3 Å². The number of aromatic carboxylic acids is 1. The third-order valence-corrected chi connectivity index (χ3v) is 5.96. The Morgan fingerprint density at radius 2 is 1.85 bits per heavy atom. The van der Waals surface area contributed by atoms with Gasteiger partial charge in [0.2, 0.25) is 10.0 Å². The van der Waals surface area contributed by atoms with E-state index in [1.807, 2.05) is 0 Å². The van der Waals surface area contributed by atoms with Gasteiger partial charge in [-0.05, 0) is 37.3 Å². The van der Waals surface area contributed by atoms with Crippen LogP contribution in [0, 0.1) is 5.92 Å². The van der Waals surface area contributed by atoms with Crippen LogP contribution in [0.25, 0.3) is 11.3 Å². The Morgan fingerprint density at radius 1 is 1.19 bits per heavy atom. The Labute approximate surface area is 152 Å². The highest BCUT2D eigenvalue weighted by molar-refractivity contribution is 7.88. The van der Waals surface area contributed by atoms with Crippen LogP contribution in [-0.4, -0.2) is 53.1 Å². The predicted octanol–water partition coefficient (Wildman–Crippen LogP) is 2.06. The van der Waals surface area contributed by atoms with Crippen molar-refractivity contribution < 1.29 is 18.3 Å². The number of carbonyl (C=O) groups is 1. The number of piperidine rings is 1. The molecule has 0 spiro atoms. The normalized spacial score (nSPS) is 16.5. The first kappa shape index (κ1) is 18.5. The monoisotopic (exact) mass is 375 g/mol. The SMILES string of the molecule is CS(=O)(=O)N1CCC(Cc2cncc(-c3ccc(C(=O)O)cc3)n2)CC1. The standard InChI is InChI=1S/C18H21N3O4S/c1-26(24,25)21-8-6-13(7-9-21)10-16-11-19-12-17(20-16)14-2-4-15(5-3-14)18(22)23/h2-5,11-13H,6-10H2,1H3,(H,22,23). The smallest absolute Gasteiger partial charge is 0.335 e. The first-order valence-corrected chi connectivity index (χ1v) is 10.3. The average Bonchev–Trinajstić information content (AvgIpc) is 2.62. The molecule has 1 aliphatic rings. The number of sulfonamides is 1. The van der Waals surface area contributed by atoms with E-state index in [0.717, 1.165) is 30.5 Å². The van der Waals surface area contributed by atoms with E-state index in [9.17, 15) is 13.2 Å². The molecule has 0 radical (unpaired) electrons. The zero-order valence-electron chi connectivity index (χ0n) is 14.5. The molecular weight excluding hydrogens is 354 g/mol. The molecule has 1 aromatic carbocycles. The molecule has 0 atom stereocenters. The van der Waals surface area contributed by atoms with Crippen molar-refractivity contribution in [1.29, 1.82) is 0 Å². The fourth-order valence-electron chi connectivity index (χ4n) is 3.17. The number of hydrogen-bond acceptors (Lipinski definition) is 5. The molecular formula is C18H21N3O4S. The molecule has 0 saturated carbocycles. The van der Waals surface area contributed by atoms with Crippen LogP contribution in [0.15, 0.2) is 36.7 Å². The van der Waals surface area contributed by atoms with E-state index in [1.54, 1.807) is 36.7 Å². The molecule has 0 bridgehead atoms. The maximum absolute atomic E-state index is 11.6. The summed E-state index contributed by atoms with van der Waals surface area (Å²) in [5, 5.41) is 8.97. The Morgan fingerprint density at radius 3 is 2.42 bits per heavy atom. The minimum Gasteiger partial charge on any atom is -0.478 e. The van der Waals surface area contributed by atoms with Crippen LogP contribution >= 0.6 is 0 Å². The van der Waals surface area contributed by atoms with Gasteiger partial charge in [-0.1, -0.05) is 12.1 Å². The number of carboxylic acids is 1. The van der Waals surface area contributed by atoms with Gasteiger partial charge in [-0.25, -0.2) is 22.5 Å². The minimum absolute atomic E-state index is 0.232. The van der Waals surface area contributed by atoms with Gasteiger partial charge in [0.1, 0.15) is 0 Å². The molecule has 1 aromatic heterocycles. The Kier molecular flexibility index (Phi) is 5.33. The lowest BCUT2D eigenvalue weighted by atomic mass is 9.93. The van der Waals surface area contributed by atoms with Crippen molar-refractivity contribution in [2.75, 3.05) is 19.3 Å². The molecule has 3 rings (SSSR count). The first-order valence-electron chi connectivity index (χ1n) is 8.42. The Bertz CT molecular complexity index is 889. The quantitative estimate of drug-likeness (QED) is 0.858. The van der Waals surface area contributed by atoms with Crippen molar-refractivity contribution in [2.24, 2.45) is 5.92 Å². The molecule has 0 amide bonds. The third kappa shape index (κ3) is 4.44. The minimum atomic E-state index is -3.11. The summed E-state index contributed by atoms with van der Waals surface area (Å²) in [6.45, 7) is 1.10. The topological polar surface area (TPSA) is 100 Å². The number of hydrogen-bond donors (Lipinski definition) is 1. The predicted molar refractivity (Wildman–Crippen MR) is 97.3 cm³/mol. The van der Waals surface area contributed by atoms with Crippen molar-refractivity contribution in [3.63, 3.8) is 0 Å². The van der Waals surface area contributed by atoms with Gasteiger partial charge in [0.15, 0.2) is 0 Å². The Hall–Kier alpha value is -2.32. The highest BCUT2D eigenvalue weighted by atomic mass is 32.2. The lowest BCUT2D eigenvalue weighted by Gasteiger charge is -2.30.